The van der Waals surface area contributed by atoms with Crippen LogP contribution in [0, 0.1) is 5.82 Å². The highest BCUT2D eigenvalue weighted by Gasteiger charge is 2.25. The van der Waals surface area contributed by atoms with Crippen LogP contribution in [0.3, 0.4) is 0 Å². The molecule has 0 aliphatic carbocycles. The van der Waals surface area contributed by atoms with Crippen LogP contribution in [0.1, 0.15) is 17.9 Å². The maximum Gasteiger partial charge on any atom is 0.127 e. The van der Waals surface area contributed by atoms with E-state index >= 15 is 0 Å². The number of hydrogen-bond acceptors (Lipinski definition) is 2. The molecule has 0 amide bonds. The van der Waals surface area contributed by atoms with Crippen LogP contribution in [-0.4, -0.2) is 19.3 Å². The molecule has 0 bridgehead atoms. The molecular weight excluding hydrogens is 197 g/mol. The van der Waals surface area contributed by atoms with Crippen molar-refractivity contribution in [1.82, 2.24) is 5.32 Å². The summed E-state index contributed by atoms with van der Waals surface area (Å²) in [6.07, 6.45) is 1.03. The fourth-order valence-electron chi connectivity index (χ4n) is 1.86. The van der Waals surface area contributed by atoms with Crippen LogP contribution >= 0.6 is 11.8 Å². The molecule has 1 N–H and O–H groups in total. The van der Waals surface area contributed by atoms with Crippen molar-refractivity contribution in [3.63, 3.8) is 0 Å². The zero-order valence-corrected chi connectivity index (χ0v) is 9.03. The zero-order valence-electron chi connectivity index (χ0n) is 8.22. The van der Waals surface area contributed by atoms with Crippen LogP contribution in [-0.2, 0) is 0 Å². The van der Waals surface area contributed by atoms with Crippen LogP contribution in [0.5, 0.6) is 0 Å². The molecule has 1 heterocycles. The largest absolute Gasteiger partial charge is 0.320 e. The Morgan fingerprint density at radius 1 is 1.57 bits per heavy atom. The third-order valence-electron chi connectivity index (χ3n) is 2.60. The predicted molar refractivity (Wildman–Crippen MR) is 58.4 cm³/mol. The molecule has 0 saturated carbocycles. The number of halogens is 1. The quantitative estimate of drug-likeness (QED) is 0.825. The molecular formula is C11H14FNS. The predicted octanol–water partition coefficient (Wildman–Crippen LogP) is 2.62. The van der Waals surface area contributed by atoms with E-state index in [4.69, 9.17) is 0 Å². The van der Waals surface area contributed by atoms with Crippen molar-refractivity contribution in [2.24, 2.45) is 0 Å². The van der Waals surface area contributed by atoms with Crippen LogP contribution in [0.25, 0.3) is 0 Å². The molecule has 1 aliphatic rings. The van der Waals surface area contributed by atoms with Gasteiger partial charge in [-0.05, 0) is 38.1 Å². The topological polar surface area (TPSA) is 12.0 Å². The third-order valence-corrected chi connectivity index (χ3v) is 3.84. The van der Waals surface area contributed by atoms with Gasteiger partial charge in [-0.1, -0.05) is 6.07 Å². The Bertz CT molecular complexity index is 327. The van der Waals surface area contributed by atoms with Gasteiger partial charge in [0.15, 0.2) is 0 Å². The van der Waals surface area contributed by atoms with Crippen molar-refractivity contribution >= 4 is 11.8 Å². The summed E-state index contributed by atoms with van der Waals surface area (Å²) >= 11 is 1.77. The fourth-order valence-corrected chi connectivity index (χ4v) is 3.17. The standard InChI is InChI=1S/C11H14FNS/c1-13-6-5-8-7-14-10-4-2-3-9(12)11(8)10/h2-4,8,13H,5-7H2,1H3. The fraction of sp³-hybridized carbons (Fsp3) is 0.455. The molecule has 0 fully saturated rings. The minimum atomic E-state index is -0.0337. The SMILES string of the molecule is CNCCC1CSc2cccc(F)c21. The number of nitrogens with one attached hydrogen (secondary N) is 1. The molecule has 0 aromatic heterocycles. The van der Waals surface area contributed by atoms with E-state index in [1.807, 2.05) is 13.1 Å². The summed E-state index contributed by atoms with van der Waals surface area (Å²) < 4.78 is 13.5. The average molecular weight is 211 g/mol. The average Bonchev–Trinajstić information content (AvgIpc) is 2.59. The van der Waals surface area contributed by atoms with Crippen LogP contribution in [0.2, 0.25) is 0 Å². The molecule has 1 aliphatic heterocycles. The first-order valence-electron chi connectivity index (χ1n) is 4.88. The first-order valence-corrected chi connectivity index (χ1v) is 5.87. The van der Waals surface area contributed by atoms with Gasteiger partial charge >= 0.3 is 0 Å². The van der Waals surface area contributed by atoms with E-state index in [1.54, 1.807) is 23.9 Å². The normalized spacial score (nSPS) is 19.7. The Morgan fingerprint density at radius 2 is 2.43 bits per heavy atom. The Hall–Kier alpha value is -0.540. The van der Waals surface area contributed by atoms with Crippen LogP contribution < -0.4 is 5.32 Å². The van der Waals surface area contributed by atoms with Gasteiger partial charge in [0.25, 0.3) is 0 Å². The minimum Gasteiger partial charge on any atom is -0.320 e. The minimum absolute atomic E-state index is 0.0337. The van der Waals surface area contributed by atoms with Gasteiger partial charge in [0.05, 0.1) is 0 Å². The Balaban J connectivity index is 2.20. The molecule has 0 saturated heterocycles. The van der Waals surface area contributed by atoms with Crippen molar-refractivity contribution < 1.29 is 4.39 Å². The molecule has 1 atom stereocenters. The maximum absolute atomic E-state index is 13.5. The van der Waals surface area contributed by atoms with Gasteiger partial charge in [0, 0.05) is 16.2 Å². The maximum atomic E-state index is 13.5. The summed E-state index contributed by atoms with van der Waals surface area (Å²) in [5.41, 5.74) is 0.938. The van der Waals surface area contributed by atoms with Crippen molar-refractivity contribution in [3.05, 3.63) is 29.6 Å². The monoisotopic (exact) mass is 211 g/mol. The highest BCUT2D eigenvalue weighted by atomic mass is 32.2. The highest BCUT2D eigenvalue weighted by molar-refractivity contribution is 7.99. The van der Waals surface area contributed by atoms with Gasteiger partial charge in [-0.2, -0.15) is 0 Å². The summed E-state index contributed by atoms with van der Waals surface area (Å²) in [4.78, 5) is 1.13. The third kappa shape index (κ3) is 1.79. The Morgan fingerprint density at radius 3 is 3.21 bits per heavy atom. The molecule has 3 heteroatoms. The second-order valence-electron chi connectivity index (χ2n) is 3.55. The lowest BCUT2D eigenvalue weighted by Gasteiger charge is -2.10. The highest BCUT2D eigenvalue weighted by Crippen LogP contribution is 2.42. The van der Waals surface area contributed by atoms with E-state index in [9.17, 15) is 4.39 Å². The molecule has 0 spiro atoms. The molecule has 76 valence electrons. The van der Waals surface area contributed by atoms with Gasteiger partial charge in [0.1, 0.15) is 5.82 Å². The van der Waals surface area contributed by atoms with Gasteiger partial charge < -0.3 is 5.32 Å². The lowest BCUT2D eigenvalue weighted by atomic mass is 9.97. The summed E-state index contributed by atoms with van der Waals surface area (Å²) in [7, 11) is 1.93. The van der Waals surface area contributed by atoms with Crippen molar-refractivity contribution in [2.75, 3.05) is 19.3 Å². The first kappa shape index (κ1) is 9.99. The number of hydrogen-bond donors (Lipinski definition) is 1. The smallest absolute Gasteiger partial charge is 0.127 e. The van der Waals surface area contributed by atoms with E-state index in [0.29, 0.717) is 5.92 Å². The lowest BCUT2D eigenvalue weighted by molar-refractivity contribution is 0.566. The number of thioether (sulfide) groups is 1. The van der Waals surface area contributed by atoms with E-state index < -0.39 is 0 Å². The molecule has 1 aromatic rings. The van der Waals surface area contributed by atoms with E-state index in [2.05, 4.69) is 5.32 Å². The van der Waals surface area contributed by atoms with Crippen molar-refractivity contribution in [1.29, 1.82) is 0 Å². The van der Waals surface area contributed by atoms with Gasteiger partial charge in [0.2, 0.25) is 0 Å². The Labute approximate surface area is 88.1 Å². The molecule has 14 heavy (non-hydrogen) atoms. The molecule has 0 radical (unpaired) electrons. The van der Waals surface area contributed by atoms with Gasteiger partial charge in [-0.15, -0.1) is 11.8 Å². The summed E-state index contributed by atoms with van der Waals surface area (Å²) in [5, 5.41) is 3.11. The van der Waals surface area contributed by atoms with E-state index in [1.165, 1.54) is 0 Å². The summed E-state index contributed by atoms with van der Waals surface area (Å²) in [6, 6.07) is 5.38. The van der Waals surface area contributed by atoms with E-state index in [0.717, 1.165) is 29.2 Å². The van der Waals surface area contributed by atoms with Gasteiger partial charge in [-0.3, -0.25) is 0 Å². The van der Waals surface area contributed by atoms with Crippen molar-refractivity contribution in [2.45, 2.75) is 17.2 Å². The Kier molecular flexibility index (Phi) is 3.08. The molecule has 1 nitrogen and oxygen atoms in total. The van der Waals surface area contributed by atoms with Crippen LogP contribution in [0.15, 0.2) is 23.1 Å². The second kappa shape index (κ2) is 4.32. The van der Waals surface area contributed by atoms with Crippen molar-refractivity contribution in [3.8, 4) is 0 Å². The van der Waals surface area contributed by atoms with Crippen LogP contribution in [0.4, 0.5) is 4.39 Å². The zero-order chi connectivity index (χ0) is 9.97. The first-order chi connectivity index (χ1) is 6.83. The molecule has 1 unspecified atom stereocenters. The lowest BCUT2D eigenvalue weighted by Crippen LogP contribution is -2.12. The number of benzene rings is 1. The summed E-state index contributed by atoms with van der Waals surface area (Å²) in [5.74, 6) is 1.38. The number of fused-ring (bicyclic) bond motifs is 1. The van der Waals surface area contributed by atoms with E-state index in [-0.39, 0.29) is 5.82 Å². The molecule has 2 rings (SSSR count). The molecule has 1 aromatic carbocycles. The van der Waals surface area contributed by atoms with Gasteiger partial charge in [-0.25, -0.2) is 4.39 Å². The summed E-state index contributed by atoms with van der Waals surface area (Å²) in [6.45, 7) is 0.957. The number of rotatable bonds is 3. The second-order valence-corrected chi connectivity index (χ2v) is 4.61.